The van der Waals surface area contributed by atoms with Gasteiger partial charge < -0.3 is 14.4 Å². The highest BCUT2D eigenvalue weighted by Gasteiger charge is 2.47. The van der Waals surface area contributed by atoms with Crippen LogP contribution in [0.3, 0.4) is 0 Å². The summed E-state index contributed by atoms with van der Waals surface area (Å²) in [6, 6.07) is 6.96. The molecule has 1 spiro atoms. The van der Waals surface area contributed by atoms with Gasteiger partial charge in [-0.2, -0.15) is 0 Å². The van der Waals surface area contributed by atoms with Gasteiger partial charge in [0.1, 0.15) is 12.4 Å². The second kappa shape index (κ2) is 8.46. The Morgan fingerprint density at radius 1 is 1.38 bits per heavy atom. The molecule has 26 heavy (non-hydrogen) atoms. The van der Waals surface area contributed by atoms with Gasteiger partial charge in [-0.15, -0.1) is 0 Å². The monoisotopic (exact) mass is 364 g/mol. The minimum absolute atomic E-state index is 0.00349. The summed E-state index contributed by atoms with van der Waals surface area (Å²) in [5, 5.41) is 0. The van der Waals surface area contributed by atoms with E-state index in [0.717, 1.165) is 44.5 Å². The van der Waals surface area contributed by atoms with Crippen molar-refractivity contribution in [2.24, 2.45) is 5.92 Å². The predicted octanol–water partition coefficient (Wildman–Crippen LogP) is 2.30. The average molecular weight is 364 g/mol. The highest BCUT2D eigenvalue weighted by molar-refractivity contribution is 5.76. The van der Waals surface area contributed by atoms with Crippen molar-refractivity contribution in [1.82, 2.24) is 9.80 Å². The van der Waals surface area contributed by atoms with Crippen LogP contribution in [0.25, 0.3) is 0 Å². The van der Waals surface area contributed by atoms with Crippen LogP contribution in [-0.2, 0) is 20.8 Å². The van der Waals surface area contributed by atoms with E-state index in [1.807, 2.05) is 12.1 Å². The molecule has 0 N–H and O–H groups in total. The number of amides is 1. The first-order valence-corrected chi connectivity index (χ1v) is 9.35. The molecule has 2 aliphatic rings. The number of halogens is 1. The summed E-state index contributed by atoms with van der Waals surface area (Å²) in [6.45, 7) is 3.89. The molecule has 6 heteroatoms. The SMILES string of the molecule is CN(C)C(=O)COCC[C@H]1CCOC2(C1)CN(Cc1ccccc1F)C2. The van der Waals surface area contributed by atoms with Gasteiger partial charge in [-0.25, -0.2) is 4.39 Å². The molecule has 0 aromatic heterocycles. The van der Waals surface area contributed by atoms with Gasteiger partial charge >= 0.3 is 0 Å². The number of nitrogens with zero attached hydrogens (tertiary/aromatic N) is 2. The molecule has 144 valence electrons. The molecule has 3 rings (SSSR count). The zero-order valence-corrected chi connectivity index (χ0v) is 15.7. The van der Waals surface area contributed by atoms with Crippen LogP contribution in [0.5, 0.6) is 0 Å². The molecule has 2 saturated heterocycles. The van der Waals surface area contributed by atoms with E-state index in [1.54, 1.807) is 25.1 Å². The maximum Gasteiger partial charge on any atom is 0.248 e. The number of ether oxygens (including phenoxy) is 2. The zero-order chi connectivity index (χ0) is 18.6. The molecule has 1 aromatic carbocycles. The van der Waals surface area contributed by atoms with Crippen LogP contribution >= 0.6 is 0 Å². The van der Waals surface area contributed by atoms with Gasteiger partial charge in [0, 0.05) is 52.5 Å². The number of carbonyl (C=O) groups excluding carboxylic acids is 1. The normalized spacial score (nSPS) is 22.2. The Balaban J connectivity index is 1.39. The van der Waals surface area contributed by atoms with Crippen molar-refractivity contribution < 1.29 is 18.7 Å². The second-order valence-electron chi connectivity index (χ2n) is 7.76. The Bertz CT molecular complexity index is 617. The van der Waals surface area contributed by atoms with E-state index in [9.17, 15) is 9.18 Å². The largest absolute Gasteiger partial charge is 0.372 e. The fraction of sp³-hybridized carbons (Fsp3) is 0.650. The molecule has 1 aromatic rings. The van der Waals surface area contributed by atoms with Gasteiger partial charge in [-0.3, -0.25) is 9.69 Å². The van der Waals surface area contributed by atoms with Crippen molar-refractivity contribution in [1.29, 1.82) is 0 Å². The maximum atomic E-state index is 13.8. The summed E-state index contributed by atoms with van der Waals surface area (Å²) in [4.78, 5) is 15.3. The lowest BCUT2D eigenvalue weighted by Gasteiger charge is -2.53. The third-order valence-corrected chi connectivity index (χ3v) is 5.37. The predicted molar refractivity (Wildman–Crippen MR) is 97.2 cm³/mol. The van der Waals surface area contributed by atoms with E-state index >= 15 is 0 Å². The van der Waals surface area contributed by atoms with Gasteiger partial charge in [0.05, 0.1) is 5.60 Å². The van der Waals surface area contributed by atoms with E-state index in [1.165, 1.54) is 6.07 Å². The Hall–Kier alpha value is -1.50. The molecule has 0 bridgehead atoms. The molecule has 2 heterocycles. The van der Waals surface area contributed by atoms with E-state index < -0.39 is 0 Å². The maximum absolute atomic E-state index is 13.8. The number of carbonyl (C=O) groups is 1. The smallest absolute Gasteiger partial charge is 0.248 e. The minimum atomic E-state index is -0.139. The molecular formula is C20H29FN2O3. The second-order valence-corrected chi connectivity index (χ2v) is 7.76. The highest BCUT2D eigenvalue weighted by atomic mass is 19.1. The third-order valence-electron chi connectivity index (χ3n) is 5.37. The van der Waals surface area contributed by atoms with E-state index in [2.05, 4.69) is 4.90 Å². The molecule has 1 amide bonds. The van der Waals surface area contributed by atoms with Gasteiger partial charge in [0.2, 0.25) is 5.91 Å². The Labute approximate surface area is 155 Å². The third kappa shape index (κ3) is 4.81. The van der Waals surface area contributed by atoms with Crippen LogP contribution in [-0.4, -0.2) is 68.3 Å². The fourth-order valence-corrected chi connectivity index (χ4v) is 3.88. The topological polar surface area (TPSA) is 42.0 Å². The number of rotatable bonds is 7. The molecule has 0 unspecified atom stereocenters. The van der Waals surface area contributed by atoms with Crippen molar-refractivity contribution in [3.63, 3.8) is 0 Å². The number of hydrogen-bond acceptors (Lipinski definition) is 4. The van der Waals surface area contributed by atoms with Crippen LogP contribution in [0.2, 0.25) is 0 Å². The molecule has 2 fully saturated rings. The molecule has 2 aliphatic heterocycles. The Kier molecular flexibility index (Phi) is 6.27. The van der Waals surface area contributed by atoms with Crippen LogP contribution in [0, 0.1) is 11.7 Å². The van der Waals surface area contributed by atoms with Crippen LogP contribution < -0.4 is 0 Å². The number of likely N-dealkylation sites (N-methyl/N-ethyl adjacent to an activating group) is 1. The van der Waals surface area contributed by atoms with Gasteiger partial charge in [0.15, 0.2) is 0 Å². The highest BCUT2D eigenvalue weighted by Crippen LogP contribution is 2.38. The van der Waals surface area contributed by atoms with Crippen LogP contribution in [0.4, 0.5) is 4.39 Å². The lowest BCUT2D eigenvalue weighted by atomic mass is 9.79. The molecule has 0 aliphatic carbocycles. The van der Waals surface area contributed by atoms with E-state index in [-0.39, 0.29) is 23.9 Å². The minimum Gasteiger partial charge on any atom is -0.372 e. The molecule has 1 atom stereocenters. The molecular weight excluding hydrogens is 335 g/mol. The van der Waals surface area contributed by atoms with E-state index in [0.29, 0.717) is 19.1 Å². The number of benzene rings is 1. The standard InChI is InChI=1S/C20H29FN2O3/c1-22(2)19(24)13-25-9-7-16-8-10-26-20(11-16)14-23(15-20)12-17-5-3-4-6-18(17)21/h3-6,16H,7-15H2,1-2H3/t16-/m0/s1. The number of hydrogen-bond donors (Lipinski definition) is 0. The Morgan fingerprint density at radius 2 is 2.15 bits per heavy atom. The van der Waals surface area contributed by atoms with Gasteiger partial charge in [0.25, 0.3) is 0 Å². The van der Waals surface area contributed by atoms with Gasteiger partial charge in [-0.1, -0.05) is 18.2 Å². The Morgan fingerprint density at radius 3 is 2.88 bits per heavy atom. The quantitative estimate of drug-likeness (QED) is 0.697. The van der Waals surface area contributed by atoms with Crippen LogP contribution in [0.15, 0.2) is 24.3 Å². The first kappa shape index (κ1) is 19.3. The summed E-state index contributed by atoms with van der Waals surface area (Å²) in [5.41, 5.74) is 0.668. The molecule has 0 saturated carbocycles. The number of likely N-dealkylation sites (tertiary alicyclic amines) is 1. The first-order valence-electron chi connectivity index (χ1n) is 9.35. The van der Waals surface area contributed by atoms with Crippen molar-refractivity contribution in [2.45, 2.75) is 31.4 Å². The van der Waals surface area contributed by atoms with Crippen molar-refractivity contribution >= 4 is 5.91 Å². The first-order chi connectivity index (χ1) is 12.5. The molecule has 5 nitrogen and oxygen atoms in total. The fourth-order valence-electron chi connectivity index (χ4n) is 3.88. The van der Waals surface area contributed by atoms with Crippen LogP contribution in [0.1, 0.15) is 24.8 Å². The summed E-state index contributed by atoms with van der Waals surface area (Å²) in [6.07, 6.45) is 3.02. The van der Waals surface area contributed by atoms with Crippen molar-refractivity contribution in [3.05, 3.63) is 35.6 Å². The lowest BCUT2D eigenvalue weighted by Crippen LogP contribution is -2.64. The summed E-state index contributed by atoms with van der Waals surface area (Å²) in [7, 11) is 3.47. The van der Waals surface area contributed by atoms with Crippen molar-refractivity contribution in [3.8, 4) is 0 Å². The summed E-state index contributed by atoms with van der Waals surface area (Å²) < 4.78 is 25.4. The lowest BCUT2D eigenvalue weighted by molar-refractivity contribution is -0.182. The molecule has 0 radical (unpaired) electrons. The summed E-state index contributed by atoms with van der Waals surface area (Å²) in [5.74, 6) is 0.422. The zero-order valence-electron chi connectivity index (χ0n) is 15.7. The van der Waals surface area contributed by atoms with Crippen molar-refractivity contribution in [2.75, 3.05) is 47.0 Å². The van der Waals surface area contributed by atoms with E-state index in [4.69, 9.17) is 9.47 Å². The van der Waals surface area contributed by atoms with Gasteiger partial charge in [-0.05, 0) is 31.2 Å². The average Bonchev–Trinajstić information content (AvgIpc) is 2.59. The summed E-state index contributed by atoms with van der Waals surface area (Å²) >= 11 is 0.